The molecule has 1 aromatic heterocycles. The largest absolute Gasteiger partial charge is 0.497 e. The van der Waals surface area contributed by atoms with Gasteiger partial charge in [0, 0.05) is 18.7 Å². The minimum Gasteiger partial charge on any atom is -0.497 e. The quantitative estimate of drug-likeness (QED) is 0.822. The number of benzene rings is 1. The summed E-state index contributed by atoms with van der Waals surface area (Å²) in [6, 6.07) is 6.85. The Morgan fingerprint density at radius 2 is 2.12 bits per heavy atom. The molecule has 0 aliphatic carbocycles. The van der Waals surface area contributed by atoms with Gasteiger partial charge in [0.25, 0.3) is 5.22 Å². The fourth-order valence-corrected chi connectivity index (χ4v) is 2.96. The lowest BCUT2D eigenvalue weighted by Crippen LogP contribution is -2.38. The molecule has 24 heavy (non-hydrogen) atoms. The van der Waals surface area contributed by atoms with Crippen LogP contribution in [0.4, 0.5) is 4.79 Å². The summed E-state index contributed by atoms with van der Waals surface area (Å²) >= 11 is 1.13. The predicted octanol–water partition coefficient (Wildman–Crippen LogP) is 1.78. The Balaban J connectivity index is 1.66. The minimum atomic E-state index is -0.502. The first kappa shape index (κ1) is 16.3. The van der Waals surface area contributed by atoms with Crippen molar-refractivity contribution in [1.82, 2.24) is 20.4 Å². The third-order valence-corrected chi connectivity index (χ3v) is 4.41. The van der Waals surface area contributed by atoms with Crippen molar-refractivity contribution in [3.8, 4) is 17.2 Å². The number of methoxy groups -OCH3 is 1. The second-order valence-corrected chi connectivity index (χ2v) is 6.38. The maximum Gasteiger partial charge on any atom is 0.324 e. The number of rotatable bonds is 5. The summed E-state index contributed by atoms with van der Waals surface area (Å²) in [5.74, 6) is 0.814. The van der Waals surface area contributed by atoms with E-state index in [4.69, 9.17) is 9.15 Å². The highest BCUT2D eigenvalue weighted by atomic mass is 32.2. The van der Waals surface area contributed by atoms with Crippen molar-refractivity contribution in [2.75, 3.05) is 20.2 Å². The van der Waals surface area contributed by atoms with Crippen molar-refractivity contribution in [2.24, 2.45) is 0 Å². The zero-order valence-corrected chi connectivity index (χ0v) is 14.0. The van der Waals surface area contributed by atoms with Crippen LogP contribution in [0.3, 0.4) is 0 Å². The number of ether oxygens (including phenoxy) is 1. The lowest BCUT2D eigenvalue weighted by Gasteiger charge is -2.15. The van der Waals surface area contributed by atoms with E-state index in [0.29, 0.717) is 19.0 Å². The van der Waals surface area contributed by atoms with Gasteiger partial charge in [0.15, 0.2) is 0 Å². The van der Waals surface area contributed by atoms with Crippen molar-refractivity contribution in [2.45, 2.75) is 17.4 Å². The third kappa shape index (κ3) is 3.35. The topological polar surface area (TPSA) is 97.6 Å². The van der Waals surface area contributed by atoms with Crippen molar-refractivity contribution in [3.05, 3.63) is 24.3 Å². The van der Waals surface area contributed by atoms with E-state index in [-0.39, 0.29) is 17.2 Å². The van der Waals surface area contributed by atoms with E-state index >= 15 is 0 Å². The normalized spacial score (nSPS) is 15.2. The number of nitrogens with zero attached hydrogens (tertiary/aromatic N) is 3. The van der Waals surface area contributed by atoms with Crippen molar-refractivity contribution >= 4 is 23.7 Å². The standard InChI is InChI=1S/C15H16N4O4S/c1-9(13(20)19-8-7-16-14(19)21)24-15-18-17-12(23-15)10-3-5-11(22-2)6-4-10/h3-6,9H,7-8H2,1-2H3,(H,16,21)/t9-/m1/s1. The van der Waals surface area contributed by atoms with E-state index in [9.17, 15) is 9.59 Å². The molecular formula is C15H16N4O4S. The second-order valence-electron chi connectivity index (χ2n) is 5.08. The zero-order chi connectivity index (χ0) is 17.1. The average Bonchev–Trinajstić information content (AvgIpc) is 3.23. The Kier molecular flexibility index (Phi) is 4.70. The highest BCUT2D eigenvalue weighted by Crippen LogP contribution is 2.28. The molecule has 0 saturated carbocycles. The molecule has 1 aromatic carbocycles. The summed E-state index contributed by atoms with van der Waals surface area (Å²) in [6.07, 6.45) is 0. The van der Waals surface area contributed by atoms with Crippen LogP contribution < -0.4 is 10.1 Å². The first-order chi connectivity index (χ1) is 11.6. The number of imide groups is 1. The number of urea groups is 1. The van der Waals surface area contributed by atoms with Crippen LogP contribution in [0, 0.1) is 0 Å². The number of nitrogens with one attached hydrogen (secondary N) is 1. The molecule has 1 atom stereocenters. The van der Waals surface area contributed by atoms with Gasteiger partial charge >= 0.3 is 6.03 Å². The molecule has 3 amide bonds. The van der Waals surface area contributed by atoms with Crippen molar-refractivity contribution in [3.63, 3.8) is 0 Å². The molecule has 0 unspecified atom stereocenters. The van der Waals surface area contributed by atoms with E-state index in [1.54, 1.807) is 26.2 Å². The fourth-order valence-electron chi connectivity index (χ4n) is 2.21. The molecule has 1 aliphatic heterocycles. The van der Waals surface area contributed by atoms with Gasteiger partial charge in [-0.3, -0.25) is 9.69 Å². The monoisotopic (exact) mass is 348 g/mol. The number of carbonyl (C=O) groups excluding carboxylic acids is 2. The van der Waals surface area contributed by atoms with Gasteiger partial charge in [-0.1, -0.05) is 11.8 Å². The number of carbonyl (C=O) groups is 2. The van der Waals surface area contributed by atoms with Crippen LogP contribution in [0.5, 0.6) is 5.75 Å². The SMILES string of the molecule is COc1ccc(-c2nnc(S[C@H](C)C(=O)N3CCNC3=O)o2)cc1. The number of thioether (sulfide) groups is 1. The smallest absolute Gasteiger partial charge is 0.324 e. The van der Waals surface area contributed by atoms with Crippen LogP contribution in [0.2, 0.25) is 0 Å². The fraction of sp³-hybridized carbons (Fsp3) is 0.333. The molecule has 8 nitrogen and oxygen atoms in total. The first-order valence-electron chi connectivity index (χ1n) is 7.32. The van der Waals surface area contributed by atoms with Crippen LogP contribution in [-0.2, 0) is 4.79 Å². The minimum absolute atomic E-state index is 0.279. The van der Waals surface area contributed by atoms with Gasteiger partial charge in [-0.25, -0.2) is 4.79 Å². The molecule has 1 fully saturated rings. The van der Waals surface area contributed by atoms with Gasteiger partial charge in [-0.2, -0.15) is 0 Å². The molecule has 9 heteroatoms. The molecule has 3 rings (SSSR count). The zero-order valence-electron chi connectivity index (χ0n) is 13.2. The summed E-state index contributed by atoms with van der Waals surface area (Å²) in [4.78, 5) is 25.0. The highest BCUT2D eigenvalue weighted by molar-refractivity contribution is 8.00. The molecule has 1 saturated heterocycles. The van der Waals surface area contributed by atoms with Gasteiger partial charge in [-0.05, 0) is 31.2 Å². The summed E-state index contributed by atoms with van der Waals surface area (Å²) in [7, 11) is 1.59. The first-order valence-corrected chi connectivity index (χ1v) is 8.20. The molecule has 0 spiro atoms. The molecule has 1 aliphatic rings. The lowest BCUT2D eigenvalue weighted by molar-refractivity contribution is -0.126. The van der Waals surface area contributed by atoms with E-state index < -0.39 is 5.25 Å². The Morgan fingerprint density at radius 3 is 2.75 bits per heavy atom. The van der Waals surface area contributed by atoms with Gasteiger partial charge in [-0.15, -0.1) is 10.2 Å². The number of amides is 3. The molecule has 126 valence electrons. The Labute approximate surface area is 142 Å². The van der Waals surface area contributed by atoms with E-state index in [1.807, 2.05) is 12.1 Å². The average molecular weight is 348 g/mol. The van der Waals surface area contributed by atoms with Crippen LogP contribution >= 0.6 is 11.8 Å². The van der Waals surface area contributed by atoms with Gasteiger partial charge in [0.05, 0.1) is 12.4 Å². The molecule has 2 aromatic rings. The predicted molar refractivity (Wildman–Crippen MR) is 86.7 cm³/mol. The van der Waals surface area contributed by atoms with Crippen LogP contribution in [0.1, 0.15) is 6.92 Å². The maximum atomic E-state index is 12.2. The summed E-state index contributed by atoms with van der Waals surface area (Å²) < 4.78 is 10.7. The Hall–Kier alpha value is -2.55. The van der Waals surface area contributed by atoms with Gasteiger partial charge < -0.3 is 14.5 Å². The number of aromatic nitrogens is 2. The number of hydrogen-bond donors (Lipinski definition) is 1. The van der Waals surface area contributed by atoms with Crippen molar-refractivity contribution < 1.29 is 18.7 Å². The summed E-state index contributed by atoms with van der Waals surface area (Å²) in [5.41, 5.74) is 0.757. The highest BCUT2D eigenvalue weighted by Gasteiger charge is 2.31. The molecule has 1 N–H and O–H groups in total. The lowest BCUT2D eigenvalue weighted by atomic mass is 10.2. The van der Waals surface area contributed by atoms with E-state index in [2.05, 4.69) is 15.5 Å². The van der Waals surface area contributed by atoms with Gasteiger partial charge in [0.1, 0.15) is 5.75 Å². The summed E-state index contributed by atoms with van der Waals surface area (Å²) in [6.45, 7) is 2.56. The van der Waals surface area contributed by atoms with Gasteiger partial charge in [0.2, 0.25) is 11.8 Å². The molecule has 2 heterocycles. The second kappa shape index (κ2) is 6.91. The molecular weight excluding hydrogens is 332 g/mol. The van der Waals surface area contributed by atoms with E-state index in [1.165, 1.54) is 4.90 Å². The Bertz CT molecular complexity index is 746. The molecule has 0 bridgehead atoms. The van der Waals surface area contributed by atoms with Crippen molar-refractivity contribution in [1.29, 1.82) is 0 Å². The molecule has 0 radical (unpaired) electrons. The van der Waals surface area contributed by atoms with Crippen LogP contribution in [-0.4, -0.2) is 52.5 Å². The third-order valence-electron chi connectivity index (χ3n) is 3.49. The Morgan fingerprint density at radius 1 is 1.38 bits per heavy atom. The van der Waals surface area contributed by atoms with Crippen LogP contribution in [0.25, 0.3) is 11.5 Å². The maximum absolute atomic E-state index is 12.2. The number of hydrogen-bond acceptors (Lipinski definition) is 7. The van der Waals surface area contributed by atoms with Crippen LogP contribution in [0.15, 0.2) is 33.9 Å². The summed E-state index contributed by atoms with van der Waals surface area (Å²) in [5, 5.41) is 10.3. The van der Waals surface area contributed by atoms with E-state index in [0.717, 1.165) is 23.1 Å².